The van der Waals surface area contributed by atoms with Gasteiger partial charge in [0.25, 0.3) is 0 Å². The zero-order valence-electron chi connectivity index (χ0n) is 14.5. The fourth-order valence-corrected chi connectivity index (χ4v) is 2.52. The summed E-state index contributed by atoms with van der Waals surface area (Å²) in [4.78, 5) is 0. The van der Waals surface area contributed by atoms with Crippen molar-refractivity contribution in [3.63, 3.8) is 0 Å². The van der Waals surface area contributed by atoms with Crippen LogP contribution in [0.4, 0.5) is 5.82 Å². The molecule has 122 valence electrons. The smallest absolute Gasteiger partial charge is 0.176 e. The van der Waals surface area contributed by atoms with E-state index in [9.17, 15) is 0 Å². The number of hydrazone groups is 1. The maximum absolute atomic E-state index is 4.47. The third kappa shape index (κ3) is 3.43. The average molecular weight is 318 g/mol. The first-order chi connectivity index (χ1) is 11.4. The first-order valence-corrected chi connectivity index (χ1v) is 8.07. The van der Waals surface area contributed by atoms with Crippen LogP contribution in [0.2, 0.25) is 0 Å². The molecule has 0 unspecified atom stereocenters. The quantitative estimate of drug-likeness (QED) is 0.559. The van der Waals surface area contributed by atoms with Crippen molar-refractivity contribution >= 4 is 22.3 Å². The minimum atomic E-state index is 0.153. The van der Waals surface area contributed by atoms with Crippen LogP contribution in [0.25, 0.3) is 10.8 Å². The van der Waals surface area contributed by atoms with Gasteiger partial charge in [-0.15, -0.1) is 5.10 Å². The molecule has 1 heterocycles. The van der Waals surface area contributed by atoms with Crippen LogP contribution in [0.5, 0.6) is 0 Å². The zero-order chi connectivity index (χ0) is 17.2. The van der Waals surface area contributed by atoms with E-state index in [4.69, 9.17) is 0 Å². The van der Waals surface area contributed by atoms with Gasteiger partial charge in [0, 0.05) is 10.8 Å². The molecule has 0 radical (unpaired) electrons. The Bertz CT molecular complexity index is 869. The second kappa shape index (κ2) is 6.40. The molecular formula is C20H22N4. The van der Waals surface area contributed by atoms with Gasteiger partial charge in [-0.25, -0.2) is 0 Å². The van der Waals surface area contributed by atoms with E-state index in [1.165, 1.54) is 5.56 Å². The molecule has 0 bridgehead atoms. The van der Waals surface area contributed by atoms with Crippen molar-refractivity contribution < 1.29 is 0 Å². The van der Waals surface area contributed by atoms with E-state index in [-0.39, 0.29) is 5.41 Å². The van der Waals surface area contributed by atoms with Crippen LogP contribution in [-0.4, -0.2) is 15.9 Å². The lowest BCUT2D eigenvalue weighted by Crippen LogP contribution is -2.11. The Morgan fingerprint density at radius 2 is 1.71 bits per heavy atom. The first kappa shape index (κ1) is 16.1. The maximum Gasteiger partial charge on any atom is 0.176 e. The van der Waals surface area contributed by atoms with Gasteiger partial charge >= 0.3 is 0 Å². The predicted molar refractivity (Wildman–Crippen MR) is 101 cm³/mol. The largest absolute Gasteiger partial charge is 0.259 e. The van der Waals surface area contributed by atoms with E-state index >= 15 is 0 Å². The molecule has 0 aliphatic rings. The lowest BCUT2D eigenvalue weighted by Gasteiger charge is -2.19. The van der Waals surface area contributed by atoms with Crippen LogP contribution in [-0.2, 0) is 5.41 Å². The van der Waals surface area contributed by atoms with Crippen molar-refractivity contribution in [3.8, 4) is 0 Å². The summed E-state index contributed by atoms with van der Waals surface area (Å²) in [6.07, 6.45) is 1.75. The number of fused-ring (bicyclic) bond motifs is 1. The van der Waals surface area contributed by atoms with Crippen molar-refractivity contribution in [2.75, 3.05) is 5.43 Å². The third-order valence-electron chi connectivity index (χ3n) is 4.07. The molecule has 0 saturated carbocycles. The number of aromatic nitrogens is 2. The van der Waals surface area contributed by atoms with Gasteiger partial charge in [-0.1, -0.05) is 69.3 Å². The molecule has 4 heteroatoms. The second-order valence-electron chi connectivity index (χ2n) is 6.92. The van der Waals surface area contributed by atoms with Gasteiger partial charge in [-0.3, -0.25) is 5.43 Å². The molecule has 4 nitrogen and oxygen atoms in total. The van der Waals surface area contributed by atoms with Gasteiger partial charge < -0.3 is 0 Å². The minimum Gasteiger partial charge on any atom is -0.259 e. The van der Waals surface area contributed by atoms with E-state index in [1.54, 1.807) is 6.20 Å². The first-order valence-electron chi connectivity index (χ1n) is 8.07. The molecule has 1 N–H and O–H groups in total. The summed E-state index contributed by atoms with van der Waals surface area (Å²) < 4.78 is 0. The number of nitrogens with one attached hydrogen (secondary N) is 1. The van der Waals surface area contributed by atoms with Crippen molar-refractivity contribution in [2.24, 2.45) is 5.10 Å². The molecule has 3 rings (SSSR count). The number of anilines is 1. The Balaban J connectivity index is 1.83. The standard InChI is InChI=1S/C20H22N4/c1-14(15-9-11-17(12-10-15)20(2,3)4)22-24-19-18-8-6-5-7-16(18)13-21-23-19/h5-13H,1-4H3,(H,23,24)/b22-14-. The summed E-state index contributed by atoms with van der Waals surface area (Å²) in [6, 6.07) is 16.5. The molecule has 24 heavy (non-hydrogen) atoms. The lowest BCUT2D eigenvalue weighted by atomic mass is 9.86. The monoisotopic (exact) mass is 318 g/mol. The van der Waals surface area contributed by atoms with Crippen LogP contribution in [0.1, 0.15) is 38.8 Å². The van der Waals surface area contributed by atoms with Gasteiger partial charge in [0.1, 0.15) is 0 Å². The molecule has 0 saturated heterocycles. The fraction of sp³-hybridized carbons (Fsp3) is 0.250. The molecule has 0 spiro atoms. The second-order valence-corrected chi connectivity index (χ2v) is 6.92. The van der Waals surface area contributed by atoms with E-state index in [0.29, 0.717) is 5.82 Å². The highest BCUT2D eigenvalue weighted by Crippen LogP contribution is 2.23. The third-order valence-corrected chi connectivity index (χ3v) is 4.07. The average Bonchev–Trinajstić information content (AvgIpc) is 2.59. The zero-order valence-corrected chi connectivity index (χ0v) is 14.5. The van der Waals surface area contributed by atoms with Crippen LogP contribution in [0.3, 0.4) is 0 Å². The molecular weight excluding hydrogens is 296 g/mol. The van der Waals surface area contributed by atoms with Gasteiger partial charge in [0.15, 0.2) is 5.82 Å². The minimum absolute atomic E-state index is 0.153. The SMILES string of the molecule is C/C(=N/Nc1nncc2ccccc12)c1ccc(C(C)(C)C)cc1. The highest BCUT2D eigenvalue weighted by atomic mass is 15.3. The van der Waals surface area contributed by atoms with E-state index in [0.717, 1.165) is 22.0 Å². The Morgan fingerprint density at radius 3 is 2.42 bits per heavy atom. The molecule has 3 aromatic rings. The molecule has 1 aromatic heterocycles. The number of nitrogens with zero attached hydrogens (tertiary/aromatic N) is 3. The molecule has 0 atom stereocenters. The van der Waals surface area contributed by atoms with E-state index in [2.05, 4.69) is 65.8 Å². The fourth-order valence-electron chi connectivity index (χ4n) is 2.52. The molecule has 0 aliphatic heterocycles. The maximum atomic E-state index is 4.47. The highest BCUT2D eigenvalue weighted by molar-refractivity contribution is 5.99. The lowest BCUT2D eigenvalue weighted by molar-refractivity contribution is 0.590. The normalized spacial score (nSPS) is 12.4. The van der Waals surface area contributed by atoms with Gasteiger partial charge in [-0.05, 0) is 23.5 Å². The molecule has 0 fully saturated rings. The van der Waals surface area contributed by atoms with Gasteiger partial charge in [0.05, 0.1) is 11.9 Å². The Hall–Kier alpha value is -2.75. The predicted octanol–water partition coefficient (Wildman–Crippen LogP) is 4.76. The molecule has 2 aromatic carbocycles. The van der Waals surface area contributed by atoms with Gasteiger partial charge in [0.2, 0.25) is 0 Å². The Morgan fingerprint density at radius 1 is 1.00 bits per heavy atom. The summed E-state index contributed by atoms with van der Waals surface area (Å²) in [6.45, 7) is 8.62. The van der Waals surface area contributed by atoms with Crippen LogP contribution in [0, 0.1) is 0 Å². The van der Waals surface area contributed by atoms with E-state index < -0.39 is 0 Å². The summed E-state index contributed by atoms with van der Waals surface area (Å²) in [5.74, 6) is 0.666. The van der Waals surface area contributed by atoms with Crippen LogP contribution < -0.4 is 5.43 Å². The van der Waals surface area contributed by atoms with E-state index in [1.807, 2.05) is 31.2 Å². The number of rotatable bonds is 3. The summed E-state index contributed by atoms with van der Waals surface area (Å²) in [5.41, 5.74) is 6.50. The van der Waals surface area contributed by atoms with Crippen molar-refractivity contribution in [1.29, 1.82) is 0 Å². The highest BCUT2D eigenvalue weighted by Gasteiger charge is 2.13. The van der Waals surface area contributed by atoms with Crippen molar-refractivity contribution in [2.45, 2.75) is 33.1 Å². The summed E-state index contributed by atoms with van der Waals surface area (Å²) in [5, 5.41) is 14.7. The number of hydrogen-bond acceptors (Lipinski definition) is 4. The number of benzene rings is 2. The molecule has 0 aliphatic carbocycles. The summed E-state index contributed by atoms with van der Waals surface area (Å²) >= 11 is 0. The Kier molecular flexibility index (Phi) is 4.30. The van der Waals surface area contributed by atoms with Crippen molar-refractivity contribution in [1.82, 2.24) is 10.2 Å². The Labute approximate surface area is 142 Å². The van der Waals surface area contributed by atoms with Crippen LogP contribution in [0.15, 0.2) is 59.8 Å². The number of hydrogen-bond donors (Lipinski definition) is 1. The summed E-state index contributed by atoms with van der Waals surface area (Å²) in [7, 11) is 0. The topological polar surface area (TPSA) is 50.2 Å². The van der Waals surface area contributed by atoms with Crippen molar-refractivity contribution in [3.05, 3.63) is 65.9 Å². The van der Waals surface area contributed by atoms with Crippen LogP contribution >= 0.6 is 0 Å². The van der Waals surface area contributed by atoms with Gasteiger partial charge in [-0.2, -0.15) is 10.2 Å². The molecule has 0 amide bonds.